The van der Waals surface area contributed by atoms with Crippen molar-refractivity contribution < 1.29 is 14.6 Å². The second-order valence-electron chi connectivity index (χ2n) is 5.69. The normalized spacial score (nSPS) is 14.6. The van der Waals surface area contributed by atoms with Crippen molar-refractivity contribution in [1.82, 2.24) is 5.32 Å². The minimum atomic E-state index is -0.644. The summed E-state index contributed by atoms with van der Waals surface area (Å²) in [5, 5.41) is 12.7. The SMILES string of the molecule is C[C@@H](NC(=O)OC(C)(C)C)[C@@H](O)Cc1ccccc1. The van der Waals surface area contributed by atoms with Gasteiger partial charge in [0.2, 0.25) is 0 Å². The summed E-state index contributed by atoms with van der Waals surface area (Å²) in [6.45, 7) is 7.17. The number of ether oxygens (including phenoxy) is 1. The molecule has 4 heteroatoms. The zero-order chi connectivity index (χ0) is 14.5. The molecule has 2 atom stereocenters. The predicted molar refractivity (Wildman–Crippen MR) is 75.0 cm³/mol. The van der Waals surface area contributed by atoms with Crippen LogP contribution in [0.4, 0.5) is 4.79 Å². The lowest BCUT2D eigenvalue weighted by atomic mass is 10.0. The minimum absolute atomic E-state index is 0.366. The first-order valence-electron chi connectivity index (χ1n) is 6.49. The third-order valence-corrected chi connectivity index (χ3v) is 2.61. The quantitative estimate of drug-likeness (QED) is 0.879. The highest BCUT2D eigenvalue weighted by molar-refractivity contribution is 5.68. The standard InChI is InChI=1S/C15H23NO3/c1-11(16-14(18)19-15(2,3)4)13(17)10-12-8-6-5-7-9-12/h5-9,11,13,17H,10H2,1-4H3,(H,16,18)/t11-,13+/m1/s1. The van der Waals surface area contributed by atoms with Gasteiger partial charge in [0, 0.05) is 6.42 Å². The molecule has 1 amide bonds. The number of carbonyl (C=O) groups excluding carboxylic acids is 1. The molecule has 0 radical (unpaired) electrons. The maximum atomic E-state index is 11.6. The van der Waals surface area contributed by atoms with Gasteiger partial charge in [0.05, 0.1) is 12.1 Å². The summed E-state index contributed by atoms with van der Waals surface area (Å²) in [6, 6.07) is 9.31. The maximum absolute atomic E-state index is 11.6. The third kappa shape index (κ3) is 6.25. The van der Waals surface area contributed by atoms with Crippen LogP contribution in [-0.2, 0) is 11.2 Å². The molecule has 0 heterocycles. The Hall–Kier alpha value is -1.55. The van der Waals surface area contributed by atoms with E-state index in [1.165, 1.54) is 0 Å². The van der Waals surface area contributed by atoms with E-state index in [9.17, 15) is 9.90 Å². The van der Waals surface area contributed by atoms with Gasteiger partial charge < -0.3 is 15.2 Å². The average molecular weight is 265 g/mol. The number of amides is 1. The van der Waals surface area contributed by atoms with E-state index in [2.05, 4.69) is 5.32 Å². The van der Waals surface area contributed by atoms with Crippen molar-refractivity contribution in [3.05, 3.63) is 35.9 Å². The van der Waals surface area contributed by atoms with Crippen molar-refractivity contribution in [2.45, 2.75) is 51.9 Å². The minimum Gasteiger partial charge on any atom is -0.444 e. The van der Waals surface area contributed by atoms with Crippen LogP contribution >= 0.6 is 0 Å². The lowest BCUT2D eigenvalue weighted by Crippen LogP contribution is -2.44. The molecule has 1 aromatic rings. The average Bonchev–Trinajstić information content (AvgIpc) is 2.27. The first kappa shape index (κ1) is 15.5. The Morgan fingerprint density at radius 3 is 2.42 bits per heavy atom. The Labute approximate surface area is 114 Å². The number of hydrogen-bond donors (Lipinski definition) is 2. The third-order valence-electron chi connectivity index (χ3n) is 2.61. The highest BCUT2D eigenvalue weighted by Gasteiger charge is 2.21. The Kier molecular flexibility index (Phi) is 5.36. The van der Waals surface area contributed by atoms with Gasteiger partial charge in [-0.3, -0.25) is 0 Å². The predicted octanol–water partition coefficient (Wildman–Crippen LogP) is 2.50. The lowest BCUT2D eigenvalue weighted by Gasteiger charge is -2.24. The van der Waals surface area contributed by atoms with Gasteiger partial charge in [-0.25, -0.2) is 4.79 Å². The van der Waals surface area contributed by atoms with Gasteiger partial charge in [-0.1, -0.05) is 30.3 Å². The summed E-state index contributed by atoms with van der Waals surface area (Å²) in [7, 11) is 0. The van der Waals surface area contributed by atoms with E-state index in [-0.39, 0.29) is 6.04 Å². The van der Waals surface area contributed by atoms with Crippen molar-refractivity contribution in [3.8, 4) is 0 Å². The van der Waals surface area contributed by atoms with E-state index in [0.29, 0.717) is 6.42 Å². The molecule has 0 saturated carbocycles. The van der Waals surface area contributed by atoms with Gasteiger partial charge >= 0.3 is 6.09 Å². The summed E-state index contributed by atoms with van der Waals surface area (Å²) in [4.78, 5) is 11.6. The number of benzene rings is 1. The summed E-state index contributed by atoms with van der Waals surface area (Å²) in [5.41, 5.74) is 0.501. The molecule has 0 fully saturated rings. The second-order valence-corrected chi connectivity index (χ2v) is 5.69. The molecule has 1 aromatic carbocycles. The van der Waals surface area contributed by atoms with E-state index in [1.54, 1.807) is 27.7 Å². The molecule has 0 aliphatic rings. The van der Waals surface area contributed by atoms with E-state index in [0.717, 1.165) is 5.56 Å². The van der Waals surface area contributed by atoms with E-state index < -0.39 is 17.8 Å². The molecule has 4 nitrogen and oxygen atoms in total. The fourth-order valence-corrected chi connectivity index (χ4v) is 1.62. The Morgan fingerprint density at radius 2 is 1.89 bits per heavy atom. The fourth-order valence-electron chi connectivity index (χ4n) is 1.62. The first-order valence-corrected chi connectivity index (χ1v) is 6.49. The highest BCUT2D eigenvalue weighted by Crippen LogP contribution is 2.09. The smallest absolute Gasteiger partial charge is 0.407 e. The van der Waals surface area contributed by atoms with Crippen LogP contribution in [0.15, 0.2) is 30.3 Å². The fraction of sp³-hybridized carbons (Fsp3) is 0.533. The van der Waals surface area contributed by atoms with E-state index in [1.807, 2.05) is 30.3 Å². The summed E-state index contributed by atoms with van der Waals surface area (Å²) < 4.78 is 5.15. The number of rotatable bonds is 4. The summed E-state index contributed by atoms with van der Waals surface area (Å²) in [6.07, 6.45) is -0.653. The molecule has 2 N–H and O–H groups in total. The maximum Gasteiger partial charge on any atom is 0.407 e. The van der Waals surface area contributed by atoms with Crippen molar-refractivity contribution in [2.75, 3.05) is 0 Å². The number of alkyl carbamates (subject to hydrolysis) is 1. The molecule has 19 heavy (non-hydrogen) atoms. The van der Waals surface area contributed by atoms with E-state index in [4.69, 9.17) is 4.74 Å². The van der Waals surface area contributed by atoms with Crippen LogP contribution in [0, 0.1) is 0 Å². The molecular weight excluding hydrogens is 242 g/mol. The largest absolute Gasteiger partial charge is 0.444 e. The summed E-state index contributed by atoms with van der Waals surface area (Å²) in [5.74, 6) is 0. The number of hydrogen-bond acceptors (Lipinski definition) is 3. The van der Waals surface area contributed by atoms with Gasteiger partial charge in [-0.15, -0.1) is 0 Å². The zero-order valence-electron chi connectivity index (χ0n) is 12.0. The number of aliphatic hydroxyl groups is 1. The molecule has 1 rings (SSSR count). The molecule has 0 saturated heterocycles. The molecule has 0 bridgehead atoms. The first-order chi connectivity index (χ1) is 8.78. The van der Waals surface area contributed by atoms with Crippen LogP contribution in [0.1, 0.15) is 33.3 Å². The molecular formula is C15H23NO3. The van der Waals surface area contributed by atoms with Gasteiger partial charge in [0.25, 0.3) is 0 Å². The lowest BCUT2D eigenvalue weighted by molar-refractivity contribution is 0.0436. The molecule has 0 aromatic heterocycles. The number of carbonyl (C=O) groups is 1. The second kappa shape index (κ2) is 6.57. The van der Waals surface area contributed by atoms with Crippen LogP contribution in [0.2, 0.25) is 0 Å². The zero-order valence-corrected chi connectivity index (χ0v) is 12.0. The number of aliphatic hydroxyl groups excluding tert-OH is 1. The van der Waals surface area contributed by atoms with Crippen molar-refractivity contribution >= 4 is 6.09 Å². The Morgan fingerprint density at radius 1 is 1.32 bits per heavy atom. The molecule has 0 spiro atoms. The topological polar surface area (TPSA) is 58.6 Å². The van der Waals surface area contributed by atoms with Crippen LogP contribution in [-0.4, -0.2) is 28.9 Å². The van der Waals surface area contributed by atoms with Gasteiger partial charge in [-0.2, -0.15) is 0 Å². The van der Waals surface area contributed by atoms with Gasteiger partial charge in [-0.05, 0) is 33.3 Å². The molecule has 0 aliphatic carbocycles. The molecule has 106 valence electrons. The van der Waals surface area contributed by atoms with Crippen molar-refractivity contribution in [1.29, 1.82) is 0 Å². The van der Waals surface area contributed by atoms with Crippen LogP contribution in [0.25, 0.3) is 0 Å². The van der Waals surface area contributed by atoms with Crippen molar-refractivity contribution in [3.63, 3.8) is 0 Å². The van der Waals surface area contributed by atoms with E-state index >= 15 is 0 Å². The Balaban J connectivity index is 2.45. The Bertz CT molecular complexity index is 398. The van der Waals surface area contributed by atoms with Crippen LogP contribution in [0.5, 0.6) is 0 Å². The van der Waals surface area contributed by atoms with Gasteiger partial charge in [0.1, 0.15) is 5.60 Å². The van der Waals surface area contributed by atoms with Crippen molar-refractivity contribution in [2.24, 2.45) is 0 Å². The number of nitrogens with one attached hydrogen (secondary N) is 1. The highest BCUT2D eigenvalue weighted by atomic mass is 16.6. The molecule has 0 unspecified atom stereocenters. The molecule has 0 aliphatic heterocycles. The monoisotopic (exact) mass is 265 g/mol. The van der Waals surface area contributed by atoms with Gasteiger partial charge in [0.15, 0.2) is 0 Å². The summed E-state index contributed by atoms with van der Waals surface area (Å²) >= 11 is 0. The van der Waals surface area contributed by atoms with Crippen LogP contribution in [0.3, 0.4) is 0 Å². The van der Waals surface area contributed by atoms with Crippen LogP contribution < -0.4 is 5.32 Å².